The van der Waals surface area contributed by atoms with Crippen molar-refractivity contribution in [3.05, 3.63) is 34.1 Å². The Balaban J connectivity index is 2.82. The van der Waals surface area contributed by atoms with E-state index >= 15 is 0 Å². The van der Waals surface area contributed by atoms with Crippen LogP contribution in [0.25, 0.3) is 0 Å². The third kappa shape index (κ3) is 3.69. The van der Waals surface area contributed by atoms with E-state index < -0.39 is 16.7 Å². The molecule has 6 nitrogen and oxygen atoms in total. The van der Waals surface area contributed by atoms with E-state index in [1.165, 1.54) is 19.2 Å². The Labute approximate surface area is 103 Å². The Morgan fingerprint density at radius 1 is 1.50 bits per heavy atom. The number of anilines is 1. The second kappa shape index (κ2) is 5.95. The van der Waals surface area contributed by atoms with Gasteiger partial charge in [-0.2, -0.15) is 0 Å². The summed E-state index contributed by atoms with van der Waals surface area (Å²) in [6, 6.07) is 3.27. The Morgan fingerprint density at radius 3 is 2.72 bits per heavy atom. The van der Waals surface area contributed by atoms with E-state index in [1.807, 2.05) is 0 Å². The van der Waals surface area contributed by atoms with E-state index in [0.29, 0.717) is 5.69 Å². The van der Waals surface area contributed by atoms with Crippen LogP contribution in [-0.4, -0.2) is 31.6 Å². The van der Waals surface area contributed by atoms with Crippen LogP contribution in [0.15, 0.2) is 18.2 Å². The van der Waals surface area contributed by atoms with E-state index in [-0.39, 0.29) is 18.7 Å². The molecule has 0 aliphatic heterocycles. The fourth-order valence-corrected chi connectivity index (χ4v) is 1.38. The number of carbonyl (C=O) groups excluding carboxylic acids is 1. The molecule has 0 heterocycles. The van der Waals surface area contributed by atoms with Gasteiger partial charge in [0.25, 0.3) is 5.69 Å². The van der Waals surface area contributed by atoms with Crippen molar-refractivity contribution in [3.8, 4) is 0 Å². The zero-order valence-corrected chi connectivity index (χ0v) is 10.1. The molecule has 0 amide bonds. The zero-order valence-electron chi connectivity index (χ0n) is 10.1. The van der Waals surface area contributed by atoms with Crippen molar-refractivity contribution in [2.75, 3.05) is 25.6 Å². The molecule has 0 atom stereocenters. The fraction of sp³-hybridized carbons (Fsp3) is 0.364. The highest BCUT2D eigenvalue weighted by Gasteiger charge is 2.13. The first kappa shape index (κ1) is 13.9. The molecule has 0 aromatic heterocycles. The molecule has 1 rings (SSSR count). The molecule has 0 aliphatic rings. The molecule has 98 valence electrons. The number of hydrogen-bond donors (Lipinski definition) is 0. The number of rotatable bonds is 5. The Kier molecular flexibility index (Phi) is 4.59. The van der Waals surface area contributed by atoms with Gasteiger partial charge in [-0.1, -0.05) is 0 Å². The number of methoxy groups -OCH3 is 1. The Morgan fingerprint density at radius 2 is 2.17 bits per heavy atom. The maximum Gasteiger partial charge on any atom is 0.307 e. The van der Waals surface area contributed by atoms with Gasteiger partial charge in [0.1, 0.15) is 5.82 Å². The van der Waals surface area contributed by atoms with Gasteiger partial charge in [0.2, 0.25) is 0 Å². The molecule has 0 spiro atoms. The van der Waals surface area contributed by atoms with Gasteiger partial charge in [0.05, 0.1) is 24.5 Å². The predicted octanol–water partition coefficient (Wildman–Crippen LogP) is 1.73. The van der Waals surface area contributed by atoms with Crippen LogP contribution < -0.4 is 4.90 Å². The van der Waals surface area contributed by atoms with Gasteiger partial charge in [0.15, 0.2) is 0 Å². The SMILES string of the molecule is COC(=O)CCN(C)c1cc(F)cc([N+](=O)[O-])c1. The first-order valence-electron chi connectivity index (χ1n) is 5.17. The van der Waals surface area contributed by atoms with Gasteiger partial charge in [-0.25, -0.2) is 4.39 Å². The summed E-state index contributed by atoms with van der Waals surface area (Å²) >= 11 is 0. The molecule has 0 saturated carbocycles. The zero-order chi connectivity index (χ0) is 13.7. The summed E-state index contributed by atoms with van der Waals surface area (Å²) in [5.41, 5.74) is 0.0144. The molecule has 0 saturated heterocycles. The highest BCUT2D eigenvalue weighted by molar-refractivity contribution is 5.70. The van der Waals surface area contributed by atoms with Crippen molar-refractivity contribution in [2.24, 2.45) is 0 Å². The van der Waals surface area contributed by atoms with E-state index in [2.05, 4.69) is 4.74 Å². The van der Waals surface area contributed by atoms with Crippen LogP contribution in [0.1, 0.15) is 6.42 Å². The number of nitrogens with zero attached hydrogens (tertiary/aromatic N) is 2. The first-order chi connectivity index (χ1) is 8.43. The third-order valence-corrected chi connectivity index (χ3v) is 2.40. The monoisotopic (exact) mass is 256 g/mol. The van der Waals surface area contributed by atoms with Crippen molar-refractivity contribution in [2.45, 2.75) is 6.42 Å². The molecule has 0 bridgehead atoms. The lowest BCUT2D eigenvalue weighted by atomic mass is 10.2. The maximum absolute atomic E-state index is 13.2. The molecule has 0 radical (unpaired) electrons. The highest BCUT2D eigenvalue weighted by Crippen LogP contribution is 2.22. The van der Waals surface area contributed by atoms with Crippen LogP contribution in [0.5, 0.6) is 0 Å². The fourth-order valence-electron chi connectivity index (χ4n) is 1.38. The predicted molar refractivity (Wildman–Crippen MR) is 63.0 cm³/mol. The van der Waals surface area contributed by atoms with Gasteiger partial charge in [-0.15, -0.1) is 0 Å². The highest BCUT2D eigenvalue weighted by atomic mass is 19.1. The number of esters is 1. The summed E-state index contributed by atoms with van der Waals surface area (Å²) in [4.78, 5) is 22.4. The topological polar surface area (TPSA) is 72.7 Å². The van der Waals surface area contributed by atoms with Crippen molar-refractivity contribution in [1.29, 1.82) is 0 Å². The minimum atomic E-state index is -0.691. The summed E-state index contributed by atoms with van der Waals surface area (Å²) in [5, 5.41) is 10.6. The standard InChI is InChI=1S/C11H13FN2O4/c1-13(4-3-11(15)18-2)9-5-8(12)6-10(7-9)14(16)17/h5-7H,3-4H2,1-2H3. The second-order valence-electron chi connectivity index (χ2n) is 3.67. The molecule has 18 heavy (non-hydrogen) atoms. The van der Waals surface area contributed by atoms with E-state index in [9.17, 15) is 19.3 Å². The maximum atomic E-state index is 13.2. The number of nitro groups is 1. The van der Waals surface area contributed by atoms with Crippen LogP contribution in [-0.2, 0) is 9.53 Å². The largest absolute Gasteiger partial charge is 0.469 e. The number of nitro benzene ring substituents is 1. The van der Waals surface area contributed by atoms with Crippen LogP contribution in [0.4, 0.5) is 15.8 Å². The molecule has 0 fully saturated rings. The molecule has 1 aromatic rings. The minimum Gasteiger partial charge on any atom is -0.469 e. The number of ether oxygens (including phenoxy) is 1. The number of non-ortho nitro benzene ring substituents is 1. The molecular formula is C11H13FN2O4. The van der Waals surface area contributed by atoms with Gasteiger partial charge >= 0.3 is 5.97 Å². The number of benzene rings is 1. The van der Waals surface area contributed by atoms with Crippen molar-refractivity contribution in [1.82, 2.24) is 0 Å². The third-order valence-electron chi connectivity index (χ3n) is 2.40. The summed E-state index contributed by atoms with van der Waals surface area (Å²) in [6.45, 7) is 0.285. The van der Waals surface area contributed by atoms with E-state index in [0.717, 1.165) is 6.07 Å². The lowest BCUT2D eigenvalue weighted by molar-refractivity contribution is -0.385. The summed E-state index contributed by atoms with van der Waals surface area (Å²) < 4.78 is 17.7. The molecular weight excluding hydrogens is 243 g/mol. The second-order valence-corrected chi connectivity index (χ2v) is 3.67. The van der Waals surface area contributed by atoms with Crippen LogP contribution in [0, 0.1) is 15.9 Å². The van der Waals surface area contributed by atoms with Gasteiger partial charge < -0.3 is 9.64 Å². The Hall–Kier alpha value is -2.18. The average Bonchev–Trinajstić information content (AvgIpc) is 2.34. The number of halogens is 1. The first-order valence-corrected chi connectivity index (χ1v) is 5.17. The van der Waals surface area contributed by atoms with Crippen LogP contribution in [0.3, 0.4) is 0 Å². The Bertz CT molecular complexity index is 464. The van der Waals surface area contributed by atoms with Gasteiger partial charge in [-0.3, -0.25) is 14.9 Å². The average molecular weight is 256 g/mol. The smallest absolute Gasteiger partial charge is 0.307 e. The normalized spacial score (nSPS) is 9.94. The van der Waals surface area contributed by atoms with Crippen molar-refractivity contribution < 1.29 is 18.8 Å². The quantitative estimate of drug-likeness (QED) is 0.455. The van der Waals surface area contributed by atoms with Crippen molar-refractivity contribution >= 4 is 17.3 Å². The molecule has 0 N–H and O–H groups in total. The molecule has 7 heteroatoms. The lowest BCUT2D eigenvalue weighted by Crippen LogP contribution is -2.21. The van der Waals surface area contributed by atoms with E-state index in [4.69, 9.17) is 0 Å². The van der Waals surface area contributed by atoms with E-state index in [1.54, 1.807) is 11.9 Å². The molecule has 0 unspecified atom stereocenters. The summed E-state index contributed by atoms with van der Waals surface area (Å²) in [5.74, 6) is -1.09. The number of carbonyl (C=O) groups is 1. The molecule has 0 aliphatic carbocycles. The lowest BCUT2D eigenvalue weighted by Gasteiger charge is -2.18. The summed E-state index contributed by atoms with van der Waals surface area (Å²) in [6.07, 6.45) is 0.122. The van der Waals surface area contributed by atoms with Crippen LogP contribution in [0.2, 0.25) is 0 Å². The summed E-state index contributed by atoms with van der Waals surface area (Å²) in [7, 11) is 2.89. The molecule has 1 aromatic carbocycles. The number of hydrogen-bond acceptors (Lipinski definition) is 5. The van der Waals surface area contributed by atoms with Gasteiger partial charge in [-0.05, 0) is 6.07 Å². The minimum absolute atomic E-state index is 0.122. The van der Waals surface area contributed by atoms with Crippen molar-refractivity contribution in [3.63, 3.8) is 0 Å². The van der Waals surface area contributed by atoms with Gasteiger partial charge in [0, 0.05) is 25.3 Å². The van der Waals surface area contributed by atoms with Crippen LogP contribution >= 0.6 is 0 Å².